The molecule has 0 bridgehead atoms. The largest absolute Gasteiger partial charge is 0.493 e. The van der Waals surface area contributed by atoms with Crippen LogP contribution in [0.4, 0.5) is 18.9 Å². The van der Waals surface area contributed by atoms with Crippen LogP contribution in [0.25, 0.3) is 0 Å². The van der Waals surface area contributed by atoms with Crippen molar-refractivity contribution in [3.63, 3.8) is 0 Å². The molecule has 0 unspecified atom stereocenters. The fourth-order valence-electron chi connectivity index (χ4n) is 2.17. The zero-order valence-corrected chi connectivity index (χ0v) is 15.0. The Morgan fingerprint density at radius 2 is 1.93 bits per heavy atom. The van der Waals surface area contributed by atoms with E-state index in [4.69, 9.17) is 26.3 Å². The highest BCUT2D eigenvalue weighted by molar-refractivity contribution is 6.30. The normalized spacial score (nSPS) is 12.0. The molecule has 0 aliphatic rings. The molecular formula is C18H14ClF3N2O3. The molecule has 2 aromatic carbocycles. The van der Waals surface area contributed by atoms with Crippen LogP contribution in [0.2, 0.25) is 5.02 Å². The smallest absolute Gasteiger partial charge is 0.418 e. The van der Waals surface area contributed by atoms with Crippen LogP contribution in [0.3, 0.4) is 0 Å². The highest BCUT2D eigenvalue weighted by Gasteiger charge is 2.34. The molecule has 142 valence electrons. The van der Waals surface area contributed by atoms with E-state index in [1.807, 2.05) is 6.07 Å². The van der Waals surface area contributed by atoms with Gasteiger partial charge in [-0.25, -0.2) is 0 Å². The van der Waals surface area contributed by atoms with Gasteiger partial charge in [0, 0.05) is 11.1 Å². The molecule has 0 spiro atoms. The van der Waals surface area contributed by atoms with Crippen LogP contribution in [-0.2, 0) is 11.0 Å². The lowest BCUT2D eigenvalue weighted by Gasteiger charge is -2.19. The minimum absolute atomic E-state index is 0.105. The first kappa shape index (κ1) is 20.4. The Morgan fingerprint density at radius 3 is 2.52 bits per heavy atom. The number of hydrogen-bond donors (Lipinski definition) is 1. The summed E-state index contributed by atoms with van der Waals surface area (Å²) >= 11 is 5.61. The molecule has 0 saturated carbocycles. The standard InChI is InChI=1S/C18H14ClF3N2O3/c1-10(27-15-6-3-11(9-23)7-16(15)26-2)17(25)24-14-5-4-12(19)8-13(14)18(20,21)22/h3-8,10H,1-2H3,(H,24,25)/t10-/m0/s1. The lowest BCUT2D eigenvalue weighted by atomic mass is 10.1. The summed E-state index contributed by atoms with van der Waals surface area (Å²) in [7, 11) is 1.36. The van der Waals surface area contributed by atoms with Gasteiger partial charge in [-0.15, -0.1) is 0 Å². The van der Waals surface area contributed by atoms with Gasteiger partial charge in [-0.05, 0) is 37.3 Å². The molecule has 5 nitrogen and oxygen atoms in total. The number of benzene rings is 2. The Labute approximate surface area is 158 Å². The molecule has 27 heavy (non-hydrogen) atoms. The van der Waals surface area contributed by atoms with Crippen LogP contribution in [0.1, 0.15) is 18.1 Å². The van der Waals surface area contributed by atoms with Crippen LogP contribution < -0.4 is 14.8 Å². The summed E-state index contributed by atoms with van der Waals surface area (Å²) in [4.78, 5) is 12.3. The Kier molecular flexibility index (Phi) is 6.18. The summed E-state index contributed by atoms with van der Waals surface area (Å²) in [5, 5.41) is 11.0. The van der Waals surface area contributed by atoms with Crippen molar-refractivity contribution in [3.05, 3.63) is 52.5 Å². The molecule has 1 N–H and O–H groups in total. The second-order valence-electron chi connectivity index (χ2n) is 5.41. The number of carbonyl (C=O) groups is 1. The summed E-state index contributed by atoms with van der Waals surface area (Å²) in [6.07, 6.45) is -5.82. The Balaban J connectivity index is 2.19. The third-order valence-electron chi connectivity index (χ3n) is 3.51. The summed E-state index contributed by atoms with van der Waals surface area (Å²) in [6.45, 7) is 1.37. The summed E-state index contributed by atoms with van der Waals surface area (Å²) < 4.78 is 49.9. The predicted octanol–water partition coefficient (Wildman–Crippen LogP) is 4.65. The van der Waals surface area contributed by atoms with E-state index in [2.05, 4.69) is 5.32 Å². The first-order valence-electron chi connectivity index (χ1n) is 7.58. The monoisotopic (exact) mass is 398 g/mol. The van der Waals surface area contributed by atoms with Gasteiger partial charge in [0.25, 0.3) is 5.91 Å². The topological polar surface area (TPSA) is 71.3 Å². The number of nitrogens with one attached hydrogen (secondary N) is 1. The number of carbonyl (C=O) groups excluding carboxylic acids is 1. The van der Waals surface area contributed by atoms with E-state index in [0.29, 0.717) is 5.56 Å². The van der Waals surface area contributed by atoms with Crippen molar-refractivity contribution >= 4 is 23.2 Å². The van der Waals surface area contributed by atoms with Crippen LogP contribution in [-0.4, -0.2) is 19.1 Å². The van der Waals surface area contributed by atoms with Gasteiger partial charge in [0.1, 0.15) is 0 Å². The van der Waals surface area contributed by atoms with Crippen LogP contribution in [0.5, 0.6) is 11.5 Å². The van der Waals surface area contributed by atoms with Gasteiger partial charge in [0.2, 0.25) is 0 Å². The number of hydrogen-bond acceptors (Lipinski definition) is 4. The van der Waals surface area contributed by atoms with Gasteiger partial charge in [-0.3, -0.25) is 4.79 Å². The van der Waals surface area contributed by atoms with Crippen molar-refractivity contribution in [1.29, 1.82) is 5.26 Å². The number of nitriles is 1. The Morgan fingerprint density at radius 1 is 1.22 bits per heavy atom. The number of amides is 1. The lowest BCUT2D eigenvalue weighted by molar-refractivity contribution is -0.137. The first-order valence-corrected chi connectivity index (χ1v) is 7.96. The molecule has 1 atom stereocenters. The maximum atomic E-state index is 13.1. The average Bonchev–Trinajstić information content (AvgIpc) is 2.62. The lowest BCUT2D eigenvalue weighted by Crippen LogP contribution is -2.31. The molecule has 0 fully saturated rings. The maximum Gasteiger partial charge on any atom is 0.418 e. The number of anilines is 1. The average molecular weight is 399 g/mol. The molecule has 2 aromatic rings. The second kappa shape index (κ2) is 8.18. The number of rotatable bonds is 5. The zero-order chi connectivity index (χ0) is 20.2. The van der Waals surface area contributed by atoms with Crippen molar-refractivity contribution in [2.75, 3.05) is 12.4 Å². The highest BCUT2D eigenvalue weighted by Crippen LogP contribution is 2.36. The van der Waals surface area contributed by atoms with Crippen LogP contribution in [0.15, 0.2) is 36.4 Å². The molecule has 0 saturated heterocycles. The van der Waals surface area contributed by atoms with Gasteiger partial charge >= 0.3 is 6.18 Å². The molecule has 0 aliphatic heterocycles. The third kappa shape index (κ3) is 5.05. The first-order chi connectivity index (χ1) is 12.7. The molecule has 0 aromatic heterocycles. The molecule has 0 radical (unpaired) electrons. The second-order valence-corrected chi connectivity index (χ2v) is 5.85. The van der Waals surface area contributed by atoms with Crippen LogP contribution in [0, 0.1) is 11.3 Å². The Bertz CT molecular complexity index is 894. The fourth-order valence-corrected chi connectivity index (χ4v) is 2.34. The minimum Gasteiger partial charge on any atom is -0.493 e. The third-order valence-corrected chi connectivity index (χ3v) is 3.75. The molecule has 1 amide bonds. The van der Waals surface area contributed by atoms with E-state index in [-0.39, 0.29) is 16.5 Å². The SMILES string of the molecule is COc1cc(C#N)ccc1O[C@@H](C)C(=O)Nc1ccc(Cl)cc1C(F)(F)F. The number of nitrogens with zero attached hydrogens (tertiary/aromatic N) is 1. The quantitative estimate of drug-likeness (QED) is 0.796. The summed E-state index contributed by atoms with van der Waals surface area (Å²) in [5.41, 5.74) is -1.17. The molecular weight excluding hydrogens is 385 g/mol. The summed E-state index contributed by atoms with van der Waals surface area (Å²) in [5.74, 6) is -0.406. The van der Waals surface area contributed by atoms with E-state index < -0.39 is 29.4 Å². The molecule has 9 heteroatoms. The maximum absolute atomic E-state index is 13.1. The molecule has 0 heterocycles. The van der Waals surface area contributed by atoms with E-state index >= 15 is 0 Å². The van der Waals surface area contributed by atoms with Gasteiger partial charge in [0.15, 0.2) is 17.6 Å². The van der Waals surface area contributed by atoms with Crippen molar-refractivity contribution < 1.29 is 27.4 Å². The van der Waals surface area contributed by atoms with E-state index in [0.717, 1.165) is 12.1 Å². The number of ether oxygens (including phenoxy) is 2. The van der Waals surface area contributed by atoms with Crippen molar-refractivity contribution in [3.8, 4) is 17.6 Å². The number of alkyl halides is 3. The van der Waals surface area contributed by atoms with Gasteiger partial charge in [0.05, 0.1) is 30.0 Å². The summed E-state index contributed by atoms with van der Waals surface area (Å²) in [6, 6.07) is 9.28. The number of halogens is 4. The van der Waals surface area contributed by atoms with Crippen LogP contribution >= 0.6 is 11.6 Å². The van der Waals surface area contributed by atoms with Gasteiger partial charge in [-0.1, -0.05) is 11.6 Å². The highest BCUT2D eigenvalue weighted by atomic mass is 35.5. The van der Waals surface area contributed by atoms with Gasteiger partial charge < -0.3 is 14.8 Å². The molecule has 0 aliphatic carbocycles. The molecule has 2 rings (SSSR count). The number of methoxy groups -OCH3 is 1. The van der Waals surface area contributed by atoms with Crippen molar-refractivity contribution in [2.45, 2.75) is 19.2 Å². The fraction of sp³-hybridized carbons (Fsp3) is 0.222. The Hall–Kier alpha value is -2.92. The minimum atomic E-state index is -4.69. The van der Waals surface area contributed by atoms with Crippen molar-refractivity contribution in [1.82, 2.24) is 0 Å². The van der Waals surface area contributed by atoms with Crippen molar-refractivity contribution in [2.24, 2.45) is 0 Å². The van der Waals surface area contributed by atoms with Gasteiger partial charge in [-0.2, -0.15) is 18.4 Å². The van der Waals surface area contributed by atoms with E-state index in [9.17, 15) is 18.0 Å². The predicted molar refractivity (Wildman–Crippen MR) is 92.9 cm³/mol. The van der Waals surface area contributed by atoms with E-state index in [1.54, 1.807) is 0 Å². The van der Waals surface area contributed by atoms with E-state index in [1.165, 1.54) is 38.3 Å². The zero-order valence-electron chi connectivity index (χ0n) is 14.2.